The minimum Gasteiger partial charge on any atom is -0.351 e. The maximum Gasteiger partial charge on any atom is 0.416 e. The molecule has 1 aromatic carbocycles. The molecular formula is C21H17F4N7O2. The number of nitrogens with zero attached hydrogens (tertiary/aromatic N) is 4. The van der Waals surface area contributed by atoms with Crippen molar-refractivity contribution in [2.75, 3.05) is 10.6 Å². The van der Waals surface area contributed by atoms with Crippen LogP contribution in [0, 0.1) is 5.82 Å². The summed E-state index contributed by atoms with van der Waals surface area (Å²) in [6.45, 7) is -0.382. The van der Waals surface area contributed by atoms with Crippen molar-refractivity contribution in [1.29, 1.82) is 0 Å². The number of hydrogen-bond acceptors (Lipinski definition) is 7. The van der Waals surface area contributed by atoms with Crippen LogP contribution < -0.4 is 16.0 Å². The van der Waals surface area contributed by atoms with Crippen molar-refractivity contribution in [3.8, 4) is 0 Å². The number of alkyl halides is 3. The summed E-state index contributed by atoms with van der Waals surface area (Å²) < 4.78 is 55.0. The van der Waals surface area contributed by atoms with Crippen LogP contribution in [0.3, 0.4) is 0 Å². The van der Waals surface area contributed by atoms with Crippen LogP contribution in [0.4, 0.5) is 29.5 Å². The van der Waals surface area contributed by atoms with Crippen molar-refractivity contribution in [3.05, 3.63) is 52.5 Å². The maximum absolute atomic E-state index is 13.6. The number of nitrogens with one attached hydrogen (secondary N) is 3. The topological polar surface area (TPSA) is 113 Å². The van der Waals surface area contributed by atoms with Gasteiger partial charge < -0.3 is 10.6 Å². The predicted octanol–water partition coefficient (Wildman–Crippen LogP) is 2.90. The van der Waals surface area contributed by atoms with Crippen molar-refractivity contribution in [2.45, 2.75) is 38.0 Å². The van der Waals surface area contributed by atoms with Crippen LogP contribution in [0.5, 0.6) is 0 Å². The number of imide groups is 1. The lowest BCUT2D eigenvalue weighted by Gasteiger charge is -2.14. The third-order valence-corrected chi connectivity index (χ3v) is 5.34. The van der Waals surface area contributed by atoms with E-state index in [0.29, 0.717) is 17.6 Å². The fourth-order valence-corrected chi connectivity index (χ4v) is 3.55. The quantitative estimate of drug-likeness (QED) is 0.285. The smallest absolute Gasteiger partial charge is 0.351 e. The SMILES string of the molecule is O=C1C/C(=C\c2cnn3c(NC4CC4)nc(NCc4cc(F)ccc4C(F)(F)F)nc23)C(=O)N1. The van der Waals surface area contributed by atoms with E-state index in [9.17, 15) is 27.2 Å². The Hall–Kier alpha value is -4.03. The van der Waals surface area contributed by atoms with Crippen molar-refractivity contribution < 1.29 is 27.2 Å². The molecule has 0 bridgehead atoms. The van der Waals surface area contributed by atoms with Crippen LogP contribution in [0.1, 0.15) is 36.0 Å². The highest BCUT2D eigenvalue weighted by atomic mass is 19.4. The molecule has 9 nitrogen and oxygen atoms in total. The lowest BCUT2D eigenvalue weighted by atomic mass is 10.1. The van der Waals surface area contributed by atoms with Crippen molar-refractivity contribution in [2.24, 2.45) is 0 Å². The van der Waals surface area contributed by atoms with Crippen LogP contribution in [-0.4, -0.2) is 37.4 Å². The Morgan fingerprint density at radius 2 is 2.00 bits per heavy atom. The number of benzene rings is 1. The van der Waals surface area contributed by atoms with Crippen LogP contribution in [0.2, 0.25) is 0 Å². The van der Waals surface area contributed by atoms with Gasteiger partial charge in [0.05, 0.1) is 18.2 Å². The monoisotopic (exact) mass is 475 g/mol. The second kappa shape index (κ2) is 8.08. The molecule has 0 spiro atoms. The first-order valence-corrected chi connectivity index (χ1v) is 10.3. The van der Waals surface area contributed by atoms with Gasteiger partial charge in [0.2, 0.25) is 17.8 Å². The molecule has 2 aromatic heterocycles. The number of amides is 2. The molecule has 13 heteroatoms. The average Bonchev–Trinajstić information content (AvgIpc) is 3.40. The molecular weight excluding hydrogens is 458 g/mol. The Morgan fingerprint density at radius 3 is 2.68 bits per heavy atom. The highest BCUT2D eigenvalue weighted by Gasteiger charge is 2.33. The van der Waals surface area contributed by atoms with E-state index >= 15 is 0 Å². The van der Waals surface area contributed by atoms with Crippen molar-refractivity contribution in [3.63, 3.8) is 0 Å². The van der Waals surface area contributed by atoms with Gasteiger partial charge in [-0.25, -0.2) is 4.39 Å². The fourth-order valence-electron chi connectivity index (χ4n) is 3.55. The first-order valence-electron chi connectivity index (χ1n) is 10.3. The molecule has 2 amide bonds. The number of aromatic nitrogens is 4. The summed E-state index contributed by atoms with van der Waals surface area (Å²) in [5.41, 5.74) is -0.337. The maximum atomic E-state index is 13.6. The molecule has 0 radical (unpaired) electrons. The number of hydrogen-bond donors (Lipinski definition) is 3. The van der Waals surface area contributed by atoms with Gasteiger partial charge in [-0.3, -0.25) is 14.9 Å². The highest BCUT2D eigenvalue weighted by Crippen LogP contribution is 2.33. The second-order valence-electron chi connectivity index (χ2n) is 8.00. The summed E-state index contributed by atoms with van der Waals surface area (Å²) in [5, 5.41) is 12.3. The minimum absolute atomic E-state index is 0.0138. The zero-order valence-electron chi connectivity index (χ0n) is 17.4. The average molecular weight is 475 g/mol. The van der Waals surface area contributed by atoms with Crippen molar-refractivity contribution in [1.82, 2.24) is 24.9 Å². The lowest BCUT2D eigenvalue weighted by molar-refractivity contribution is -0.138. The van der Waals surface area contributed by atoms with E-state index in [2.05, 4.69) is 31.0 Å². The van der Waals surface area contributed by atoms with E-state index in [1.165, 1.54) is 16.8 Å². The van der Waals surface area contributed by atoms with E-state index in [1.54, 1.807) is 0 Å². The normalized spacial score (nSPS) is 17.5. The van der Waals surface area contributed by atoms with E-state index < -0.39 is 29.4 Å². The van der Waals surface area contributed by atoms with E-state index in [-0.39, 0.29) is 41.7 Å². The largest absolute Gasteiger partial charge is 0.416 e. The molecule has 1 saturated carbocycles. The molecule has 1 saturated heterocycles. The summed E-state index contributed by atoms with van der Waals surface area (Å²) in [6.07, 6.45) is 0.0371. The van der Waals surface area contributed by atoms with Gasteiger partial charge in [-0.15, -0.1) is 0 Å². The molecule has 3 N–H and O–H groups in total. The van der Waals surface area contributed by atoms with Gasteiger partial charge in [0.15, 0.2) is 5.65 Å². The fraction of sp³-hybridized carbons (Fsp3) is 0.286. The Labute approximate surface area is 189 Å². The molecule has 0 atom stereocenters. The molecule has 176 valence electrons. The summed E-state index contributed by atoms with van der Waals surface area (Å²) in [5.74, 6) is -1.44. The Bertz CT molecular complexity index is 1340. The third kappa shape index (κ3) is 4.40. The highest BCUT2D eigenvalue weighted by molar-refractivity contribution is 6.15. The zero-order valence-corrected chi connectivity index (χ0v) is 17.4. The van der Waals surface area contributed by atoms with Crippen LogP contribution in [0.25, 0.3) is 11.7 Å². The minimum atomic E-state index is -4.65. The van der Waals surface area contributed by atoms with Crippen LogP contribution >= 0.6 is 0 Å². The van der Waals surface area contributed by atoms with Crippen molar-refractivity contribution >= 4 is 35.4 Å². The Morgan fingerprint density at radius 1 is 1.21 bits per heavy atom. The van der Waals surface area contributed by atoms with Gasteiger partial charge in [-0.05, 0) is 42.7 Å². The molecule has 2 fully saturated rings. The van der Waals surface area contributed by atoms with Gasteiger partial charge in [0.1, 0.15) is 5.82 Å². The first kappa shape index (κ1) is 21.8. The number of halogens is 4. The summed E-state index contributed by atoms with van der Waals surface area (Å²) >= 11 is 0. The third-order valence-electron chi connectivity index (χ3n) is 5.34. The van der Waals surface area contributed by atoms with Gasteiger partial charge in [0.25, 0.3) is 5.91 Å². The van der Waals surface area contributed by atoms with Crippen LogP contribution in [0.15, 0.2) is 30.0 Å². The van der Waals surface area contributed by atoms with Crippen LogP contribution in [-0.2, 0) is 22.3 Å². The molecule has 1 aliphatic heterocycles. The van der Waals surface area contributed by atoms with Gasteiger partial charge in [-0.1, -0.05) is 0 Å². The van der Waals surface area contributed by atoms with Gasteiger partial charge >= 0.3 is 6.18 Å². The number of carbonyl (C=O) groups excluding carboxylic acids is 2. The molecule has 2 aliphatic rings. The Kier molecular flexibility index (Phi) is 5.18. The number of fused-ring (bicyclic) bond motifs is 1. The molecule has 5 rings (SSSR count). The first-order chi connectivity index (χ1) is 16.2. The number of anilines is 2. The molecule has 1 aliphatic carbocycles. The van der Waals surface area contributed by atoms with E-state index in [1.807, 2.05) is 0 Å². The second-order valence-corrected chi connectivity index (χ2v) is 8.00. The standard InChI is InChI=1S/C21H17F4N7O2/c22-13-1-4-15(21(23,24)25)11(6-13)8-26-19-30-17-12(5-10-7-16(33)29-18(10)34)9-27-32(17)20(31-19)28-14-2-3-14/h1,4-6,9,14H,2-3,7-8H2,(H,29,33,34)(H2,26,28,30,31)/b10-5+. The summed E-state index contributed by atoms with van der Waals surface area (Å²) in [7, 11) is 0. The molecule has 3 aromatic rings. The number of carbonyl (C=O) groups is 2. The van der Waals surface area contributed by atoms with E-state index in [0.717, 1.165) is 25.0 Å². The Balaban J connectivity index is 1.50. The van der Waals surface area contributed by atoms with E-state index in [4.69, 9.17) is 0 Å². The lowest BCUT2D eigenvalue weighted by Crippen LogP contribution is -2.19. The molecule has 3 heterocycles. The number of rotatable bonds is 6. The van der Waals surface area contributed by atoms with Gasteiger partial charge in [0, 0.05) is 23.7 Å². The zero-order chi connectivity index (χ0) is 24.0. The van der Waals surface area contributed by atoms with Gasteiger partial charge in [-0.2, -0.15) is 32.8 Å². The summed E-state index contributed by atoms with van der Waals surface area (Å²) in [4.78, 5) is 32.1. The predicted molar refractivity (Wildman–Crippen MR) is 112 cm³/mol. The molecule has 0 unspecified atom stereocenters. The molecule has 34 heavy (non-hydrogen) atoms. The summed E-state index contributed by atoms with van der Waals surface area (Å²) in [6, 6.07) is 2.42.